The number of hydrogen-bond donors (Lipinski definition) is 2. The third-order valence-corrected chi connectivity index (χ3v) is 6.56. The lowest BCUT2D eigenvalue weighted by Gasteiger charge is -2.10. The molecular weight excluding hydrogens is 340 g/mol. The lowest BCUT2D eigenvalue weighted by Crippen LogP contribution is -2.31. The molecule has 0 fully saturated rings. The fourth-order valence-corrected chi connectivity index (χ4v) is 3.73. The quantitative estimate of drug-likeness (QED) is 0.616. The van der Waals surface area contributed by atoms with Gasteiger partial charge in [-0.05, 0) is 55.8 Å². The third kappa shape index (κ3) is 5.92. The Kier molecular flexibility index (Phi) is 7.27. The largest absolute Gasteiger partial charge is 0.385 e. The number of rotatable bonds is 10. The van der Waals surface area contributed by atoms with Crippen LogP contribution in [-0.2, 0) is 10.0 Å². The molecular formula is C18H26N2O2S2. The van der Waals surface area contributed by atoms with E-state index in [4.69, 9.17) is 0 Å². The standard InChI is InChI=1S/C18H26N2O2S2/c1-15(2)24(21,22)20-13-5-3-4-12-19-17-10-8-16(9-11-17)18-7-6-14-23-18/h6-11,14-15,19-20H,3-5,12-13H2,1-2H3. The summed E-state index contributed by atoms with van der Waals surface area (Å²) >= 11 is 1.75. The monoisotopic (exact) mass is 366 g/mol. The highest BCUT2D eigenvalue weighted by Gasteiger charge is 2.13. The van der Waals surface area contributed by atoms with Crippen LogP contribution in [0, 0.1) is 0 Å². The van der Waals surface area contributed by atoms with Crippen LogP contribution in [-0.4, -0.2) is 26.8 Å². The Balaban J connectivity index is 1.61. The van der Waals surface area contributed by atoms with Gasteiger partial charge < -0.3 is 5.32 Å². The Morgan fingerprint density at radius 2 is 1.71 bits per heavy atom. The number of unbranched alkanes of at least 4 members (excludes halogenated alkanes) is 2. The van der Waals surface area contributed by atoms with Crippen molar-refractivity contribution in [3.8, 4) is 10.4 Å². The minimum absolute atomic E-state index is 0.365. The Labute approximate surface area is 149 Å². The highest BCUT2D eigenvalue weighted by Crippen LogP contribution is 2.25. The Morgan fingerprint density at radius 1 is 1.00 bits per heavy atom. The van der Waals surface area contributed by atoms with Crippen molar-refractivity contribution in [3.63, 3.8) is 0 Å². The molecule has 0 bridgehead atoms. The SMILES string of the molecule is CC(C)S(=O)(=O)NCCCCCNc1ccc(-c2cccs2)cc1. The van der Waals surface area contributed by atoms with Gasteiger partial charge in [-0.25, -0.2) is 13.1 Å². The van der Waals surface area contributed by atoms with E-state index in [1.54, 1.807) is 25.2 Å². The molecule has 1 aromatic heterocycles. The van der Waals surface area contributed by atoms with Crippen LogP contribution in [0.4, 0.5) is 5.69 Å². The van der Waals surface area contributed by atoms with Crippen LogP contribution in [0.2, 0.25) is 0 Å². The first kappa shape index (κ1) is 19.0. The van der Waals surface area contributed by atoms with Crippen molar-refractivity contribution >= 4 is 27.0 Å². The van der Waals surface area contributed by atoms with Crippen molar-refractivity contribution in [2.24, 2.45) is 0 Å². The lowest BCUT2D eigenvalue weighted by molar-refractivity contribution is 0.566. The van der Waals surface area contributed by atoms with Gasteiger partial charge in [0.1, 0.15) is 0 Å². The summed E-state index contributed by atoms with van der Waals surface area (Å²) in [7, 11) is -3.12. The second-order valence-electron chi connectivity index (χ2n) is 6.03. The van der Waals surface area contributed by atoms with Crippen molar-refractivity contribution in [1.29, 1.82) is 0 Å². The molecule has 0 radical (unpaired) electrons. The first-order valence-electron chi connectivity index (χ1n) is 8.35. The van der Waals surface area contributed by atoms with Gasteiger partial charge in [-0.1, -0.05) is 24.6 Å². The van der Waals surface area contributed by atoms with E-state index < -0.39 is 10.0 Å². The van der Waals surface area contributed by atoms with Gasteiger partial charge in [-0.2, -0.15) is 0 Å². The summed E-state index contributed by atoms with van der Waals surface area (Å²) in [4.78, 5) is 1.28. The number of hydrogen-bond acceptors (Lipinski definition) is 4. The average molecular weight is 367 g/mol. The van der Waals surface area contributed by atoms with Gasteiger partial charge in [-0.3, -0.25) is 0 Å². The number of thiophene rings is 1. The summed E-state index contributed by atoms with van der Waals surface area (Å²) in [5.74, 6) is 0. The maximum atomic E-state index is 11.6. The fourth-order valence-electron chi connectivity index (χ4n) is 2.24. The maximum Gasteiger partial charge on any atom is 0.213 e. The smallest absolute Gasteiger partial charge is 0.213 e. The molecule has 1 aromatic carbocycles. The van der Waals surface area contributed by atoms with Crippen molar-refractivity contribution in [3.05, 3.63) is 41.8 Å². The normalized spacial score (nSPS) is 11.8. The zero-order valence-corrected chi connectivity index (χ0v) is 15.9. The van der Waals surface area contributed by atoms with Crippen molar-refractivity contribution in [1.82, 2.24) is 4.72 Å². The fraction of sp³-hybridized carbons (Fsp3) is 0.444. The number of anilines is 1. The van der Waals surface area contributed by atoms with E-state index >= 15 is 0 Å². The summed E-state index contributed by atoms with van der Waals surface area (Å²) in [5, 5.41) is 5.13. The number of benzene rings is 1. The van der Waals surface area contributed by atoms with Crippen LogP contribution in [0.5, 0.6) is 0 Å². The summed E-state index contributed by atoms with van der Waals surface area (Å²) in [5.41, 5.74) is 2.36. The molecule has 0 atom stereocenters. The molecule has 0 aliphatic heterocycles. The first-order chi connectivity index (χ1) is 11.5. The van der Waals surface area contributed by atoms with E-state index in [-0.39, 0.29) is 5.25 Å². The predicted octanol–water partition coefficient (Wildman–Crippen LogP) is 4.33. The van der Waals surface area contributed by atoms with E-state index in [1.807, 2.05) is 0 Å². The molecule has 2 rings (SSSR count). The minimum Gasteiger partial charge on any atom is -0.385 e. The van der Waals surface area contributed by atoms with Crippen LogP contribution >= 0.6 is 11.3 Å². The lowest BCUT2D eigenvalue weighted by atomic mass is 10.1. The van der Waals surface area contributed by atoms with E-state index in [2.05, 4.69) is 51.8 Å². The van der Waals surface area contributed by atoms with Gasteiger partial charge in [0.2, 0.25) is 10.0 Å². The molecule has 24 heavy (non-hydrogen) atoms. The Hall–Kier alpha value is -1.37. The summed E-state index contributed by atoms with van der Waals surface area (Å²) in [6.45, 7) is 4.80. The zero-order valence-electron chi connectivity index (χ0n) is 14.3. The molecule has 2 N–H and O–H groups in total. The van der Waals surface area contributed by atoms with Gasteiger partial charge in [0.05, 0.1) is 5.25 Å². The van der Waals surface area contributed by atoms with Crippen molar-refractivity contribution < 1.29 is 8.42 Å². The van der Waals surface area contributed by atoms with Gasteiger partial charge in [0, 0.05) is 23.7 Å². The summed E-state index contributed by atoms with van der Waals surface area (Å²) in [6.07, 6.45) is 2.89. The second-order valence-corrected chi connectivity index (χ2v) is 9.30. The molecule has 0 saturated heterocycles. The van der Waals surface area contributed by atoms with E-state index in [9.17, 15) is 8.42 Å². The molecule has 0 unspecified atom stereocenters. The molecule has 0 spiro atoms. The molecule has 1 heterocycles. The Bertz CT molecular complexity index is 693. The number of sulfonamides is 1. The highest BCUT2D eigenvalue weighted by atomic mass is 32.2. The molecule has 0 saturated carbocycles. The summed E-state index contributed by atoms with van der Waals surface area (Å²) in [6, 6.07) is 12.7. The van der Waals surface area contributed by atoms with E-state index in [0.717, 1.165) is 31.5 Å². The molecule has 4 nitrogen and oxygen atoms in total. The van der Waals surface area contributed by atoms with Crippen molar-refractivity contribution in [2.75, 3.05) is 18.4 Å². The van der Waals surface area contributed by atoms with Crippen LogP contribution in [0.25, 0.3) is 10.4 Å². The minimum atomic E-state index is -3.12. The van der Waals surface area contributed by atoms with Crippen LogP contribution in [0.15, 0.2) is 41.8 Å². The molecule has 6 heteroatoms. The van der Waals surface area contributed by atoms with Gasteiger partial charge in [0.15, 0.2) is 0 Å². The van der Waals surface area contributed by atoms with Crippen LogP contribution in [0.1, 0.15) is 33.1 Å². The zero-order chi connectivity index (χ0) is 17.4. The van der Waals surface area contributed by atoms with E-state index in [1.165, 1.54) is 10.4 Å². The van der Waals surface area contributed by atoms with Gasteiger partial charge in [0.25, 0.3) is 0 Å². The average Bonchev–Trinajstić information content (AvgIpc) is 3.09. The molecule has 132 valence electrons. The second kappa shape index (κ2) is 9.20. The molecule has 0 amide bonds. The highest BCUT2D eigenvalue weighted by molar-refractivity contribution is 7.90. The predicted molar refractivity (Wildman–Crippen MR) is 104 cm³/mol. The number of nitrogens with one attached hydrogen (secondary N) is 2. The van der Waals surface area contributed by atoms with E-state index in [0.29, 0.717) is 6.54 Å². The first-order valence-corrected chi connectivity index (χ1v) is 10.8. The van der Waals surface area contributed by atoms with Gasteiger partial charge >= 0.3 is 0 Å². The van der Waals surface area contributed by atoms with Crippen LogP contribution in [0.3, 0.4) is 0 Å². The molecule has 0 aliphatic carbocycles. The molecule has 0 aliphatic rings. The molecule has 2 aromatic rings. The van der Waals surface area contributed by atoms with Crippen molar-refractivity contribution in [2.45, 2.75) is 38.4 Å². The maximum absolute atomic E-state index is 11.6. The summed E-state index contributed by atoms with van der Waals surface area (Å²) < 4.78 is 25.8. The van der Waals surface area contributed by atoms with Crippen LogP contribution < -0.4 is 10.0 Å². The van der Waals surface area contributed by atoms with Gasteiger partial charge in [-0.15, -0.1) is 11.3 Å². The Morgan fingerprint density at radius 3 is 2.33 bits per heavy atom. The topological polar surface area (TPSA) is 58.2 Å². The third-order valence-electron chi connectivity index (χ3n) is 3.80.